The van der Waals surface area contributed by atoms with Gasteiger partial charge in [-0.1, -0.05) is 90.8 Å². The van der Waals surface area contributed by atoms with Crippen LogP contribution in [-0.2, 0) is 40.9 Å². The molecule has 2 aliphatic carbocycles. The normalized spacial score (nSPS) is 21.4. The highest BCUT2D eigenvalue weighted by molar-refractivity contribution is 5.71. The van der Waals surface area contributed by atoms with E-state index >= 15 is 0 Å². The molecule has 13 heteroatoms. The fraction of sp³-hybridized carbons (Fsp3) is 0.419. The number of carbonyl (C=O) groups is 2. The number of methoxy groups -OCH3 is 2. The minimum Gasteiger partial charge on any atom is -0.497 e. The molecule has 2 aliphatic heterocycles. The van der Waals surface area contributed by atoms with Crippen LogP contribution in [0.5, 0.6) is 34.5 Å². The van der Waals surface area contributed by atoms with Crippen LogP contribution in [0.2, 0.25) is 0 Å². The van der Waals surface area contributed by atoms with Crippen molar-refractivity contribution >= 4 is 11.9 Å². The van der Waals surface area contributed by atoms with Crippen molar-refractivity contribution in [3.8, 4) is 34.5 Å². The van der Waals surface area contributed by atoms with E-state index in [-0.39, 0.29) is 49.6 Å². The van der Waals surface area contributed by atoms with E-state index in [0.717, 1.165) is 101 Å². The topological polar surface area (TPSA) is 176 Å². The van der Waals surface area contributed by atoms with Gasteiger partial charge in [0.15, 0.2) is 23.0 Å². The third-order valence-electron chi connectivity index (χ3n) is 15.9. The van der Waals surface area contributed by atoms with Crippen molar-refractivity contribution in [2.45, 2.75) is 116 Å². The number of unbranched alkanes of at least 4 members (excludes halogenated alkanes) is 2. The number of benzene rings is 4. The average molecular weight is 1020 g/mol. The van der Waals surface area contributed by atoms with Gasteiger partial charge in [-0.25, -0.2) is 0 Å². The summed E-state index contributed by atoms with van der Waals surface area (Å²) in [5.74, 6) is 1.43. The number of carboxylic acids is 2. The lowest BCUT2D eigenvalue weighted by Crippen LogP contribution is -2.35. The van der Waals surface area contributed by atoms with Gasteiger partial charge in [-0.15, -0.1) is 0 Å². The van der Waals surface area contributed by atoms with Gasteiger partial charge >= 0.3 is 11.9 Å². The molecule has 4 heterocycles. The number of pyridine rings is 2. The molecular weight excluding hydrogens is 949 g/mol. The van der Waals surface area contributed by atoms with Gasteiger partial charge in [-0.2, -0.15) is 0 Å². The Morgan fingerprint density at radius 1 is 0.613 bits per heavy atom. The molecule has 394 valence electrons. The second-order valence-corrected chi connectivity index (χ2v) is 20.8. The molecule has 0 fully saturated rings. The van der Waals surface area contributed by atoms with Gasteiger partial charge in [-0.3, -0.25) is 19.6 Å². The zero-order valence-electron chi connectivity index (χ0n) is 44.4. The highest BCUT2D eigenvalue weighted by atomic mass is 16.7. The van der Waals surface area contributed by atoms with Gasteiger partial charge in [0, 0.05) is 35.1 Å². The first-order valence-electron chi connectivity index (χ1n) is 26.5. The Labute approximate surface area is 440 Å². The molecule has 0 saturated heterocycles. The van der Waals surface area contributed by atoms with Gasteiger partial charge in [0.25, 0.3) is 0 Å². The Morgan fingerprint density at radius 3 is 1.69 bits per heavy atom. The maximum absolute atomic E-state index is 12.7. The molecule has 8 atom stereocenters. The Kier molecular flexibility index (Phi) is 15.7. The maximum Gasteiger partial charge on any atom is 0.306 e. The summed E-state index contributed by atoms with van der Waals surface area (Å²) in [4.78, 5) is 33.8. The smallest absolute Gasteiger partial charge is 0.306 e. The SMILES string of the molecule is CCCCc1ccc2c(n1)C(O)(c1ccc(OC)cc1C[C@H](C)C(=O)O)[C@H](C)C2c1ccc2c(c1)OCO2.CCCCc1ccc2c(n1)C(c1ccc(OC)cc1C[C@H](C)C(=O)O)[C@H](C)C2c1ccc2c(c1)OCO2. The number of carboxylic acid groups (broad SMARTS) is 2. The molecule has 4 aromatic carbocycles. The van der Waals surface area contributed by atoms with Crippen LogP contribution >= 0.6 is 0 Å². The van der Waals surface area contributed by atoms with E-state index in [9.17, 15) is 24.9 Å². The van der Waals surface area contributed by atoms with Crippen molar-refractivity contribution in [2.24, 2.45) is 23.7 Å². The van der Waals surface area contributed by atoms with Crippen LogP contribution in [0.4, 0.5) is 0 Å². The van der Waals surface area contributed by atoms with Crippen LogP contribution in [0.15, 0.2) is 97.1 Å². The Bertz CT molecular complexity index is 3060. The summed E-state index contributed by atoms with van der Waals surface area (Å²) in [6.45, 7) is 12.5. The molecule has 0 saturated carbocycles. The number of aromatic nitrogens is 2. The minimum atomic E-state index is -1.43. The lowest BCUT2D eigenvalue weighted by molar-refractivity contribution is -0.142. The van der Waals surface area contributed by atoms with E-state index in [4.69, 9.17) is 38.4 Å². The summed E-state index contributed by atoms with van der Waals surface area (Å²) >= 11 is 0. The van der Waals surface area contributed by atoms with Gasteiger partial charge in [0.1, 0.15) is 17.1 Å². The summed E-state index contributed by atoms with van der Waals surface area (Å²) < 4.78 is 33.4. The molecular formula is C62H70N2O11. The molecule has 75 heavy (non-hydrogen) atoms. The summed E-state index contributed by atoms with van der Waals surface area (Å²) in [6.07, 6.45) is 6.75. The number of nitrogens with zero attached hydrogens (tertiary/aromatic N) is 2. The quantitative estimate of drug-likeness (QED) is 0.0742. The monoisotopic (exact) mass is 1020 g/mol. The lowest BCUT2D eigenvalue weighted by Gasteiger charge is -2.33. The van der Waals surface area contributed by atoms with E-state index < -0.39 is 29.4 Å². The van der Waals surface area contributed by atoms with Crippen LogP contribution in [0, 0.1) is 23.7 Å². The zero-order valence-corrected chi connectivity index (χ0v) is 44.4. The summed E-state index contributed by atoms with van der Waals surface area (Å²) in [5, 5.41) is 32.1. The molecule has 2 aromatic heterocycles. The third kappa shape index (κ3) is 10.4. The summed E-state index contributed by atoms with van der Waals surface area (Å²) in [6, 6.07) is 32.4. The minimum absolute atomic E-state index is 0.0360. The fourth-order valence-electron chi connectivity index (χ4n) is 11.8. The van der Waals surface area contributed by atoms with E-state index in [1.807, 2.05) is 61.5 Å². The largest absolute Gasteiger partial charge is 0.497 e. The van der Waals surface area contributed by atoms with Crippen molar-refractivity contribution in [1.29, 1.82) is 0 Å². The molecule has 13 nitrogen and oxygen atoms in total. The van der Waals surface area contributed by atoms with Gasteiger partial charge < -0.3 is 43.7 Å². The highest BCUT2D eigenvalue weighted by Crippen LogP contribution is 2.57. The molecule has 0 bridgehead atoms. The van der Waals surface area contributed by atoms with E-state index in [0.29, 0.717) is 34.9 Å². The number of aliphatic hydroxyl groups is 1. The maximum atomic E-state index is 12.7. The second kappa shape index (κ2) is 22.4. The molecule has 0 radical (unpaired) electrons. The zero-order chi connectivity index (χ0) is 53.1. The second-order valence-electron chi connectivity index (χ2n) is 20.8. The molecule has 4 aliphatic rings. The molecule has 0 spiro atoms. The van der Waals surface area contributed by atoms with Crippen LogP contribution in [0.3, 0.4) is 0 Å². The third-order valence-corrected chi connectivity index (χ3v) is 15.9. The van der Waals surface area contributed by atoms with Crippen molar-refractivity contribution in [3.63, 3.8) is 0 Å². The van der Waals surface area contributed by atoms with E-state index in [1.54, 1.807) is 28.1 Å². The van der Waals surface area contributed by atoms with Crippen molar-refractivity contribution in [3.05, 3.63) is 164 Å². The van der Waals surface area contributed by atoms with Crippen LogP contribution in [0.1, 0.15) is 152 Å². The van der Waals surface area contributed by atoms with Crippen LogP contribution < -0.4 is 28.4 Å². The number of hydrogen-bond donors (Lipinski definition) is 3. The Hall–Kier alpha value is -7.12. The van der Waals surface area contributed by atoms with Gasteiger partial charge in [0.2, 0.25) is 13.6 Å². The van der Waals surface area contributed by atoms with Crippen LogP contribution in [0.25, 0.3) is 0 Å². The Balaban J connectivity index is 0.000000184. The van der Waals surface area contributed by atoms with E-state index in [2.05, 4.69) is 63.2 Å². The summed E-state index contributed by atoms with van der Waals surface area (Å²) in [5.41, 5.74) is 10.3. The molecule has 6 aromatic rings. The number of aryl methyl sites for hydroxylation is 2. The standard InChI is InChI=1S/C31H35NO6.C31H35NO5/c1-5-6-7-22-9-11-24-28(20-8-13-26-27(16-20)38-17-37-26)19(3)31(35,29(24)32-22)25-12-10-23(36-4)15-21(25)14-18(2)30(33)34;1-5-6-7-22-9-11-25-28(20-8-13-26-27(16-20)37-17-36-26)19(3)29(30(25)32-22)24-12-10-23(35-4)15-21(24)14-18(2)31(33)34/h8-13,15-16,18-19,28,35H,5-7,14,17H2,1-4H3,(H,33,34);8-13,15-16,18-19,28-29H,5-7,14,17H2,1-4H3,(H,33,34)/t18-,19+,28?,31?;18-,19+,28?,29?/m00/s1. The fourth-order valence-corrected chi connectivity index (χ4v) is 11.8. The van der Waals surface area contributed by atoms with Crippen molar-refractivity contribution in [2.75, 3.05) is 27.8 Å². The van der Waals surface area contributed by atoms with E-state index in [1.165, 1.54) is 11.1 Å². The molecule has 0 amide bonds. The molecule has 4 unspecified atom stereocenters. The molecule has 10 rings (SSSR count). The van der Waals surface area contributed by atoms with Gasteiger partial charge in [-0.05, 0) is 150 Å². The average Bonchev–Trinajstić information content (AvgIpc) is 4.20. The lowest BCUT2D eigenvalue weighted by atomic mass is 9.76. The van der Waals surface area contributed by atoms with Gasteiger partial charge in [0.05, 0.1) is 37.4 Å². The predicted octanol–water partition coefficient (Wildman–Crippen LogP) is 11.8. The first kappa shape index (κ1) is 52.7. The van der Waals surface area contributed by atoms with Crippen LogP contribution in [-0.4, -0.2) is 65.0 Å². The number of ether oxygens (including phenoxy) is 6. The van der Waals surface area contributed by atoms with Crippen molar-refractivity contribution < 1.29 is 53.3 Å². The number of rotatable bonds is 18. The predicted molar refractivity (Wildman–Crippen MR) is 285 cm³/mol. The number of aliphatic carboxylic acids is 2. The van der Waals surface area contributed by atoms with Crippen molar-refractivity contribution in [1.82, 2.24) is 9.97 Å². The first-order valence-corrected chi connectivity index (χ1v) is 26.5. The number of fused-ring (bicyclic) bond motifs is 4. The summed E-state index contributed by atoms with van der Waals surface area (Å²) in [7, 11) is 3.23. The first-order chi connectivity index (χ1) is 36.2. The Morgan fingerprint density at radius 2 is 1.12 bits per heavy atom. The number of hydrogen-bond acceptors (Lipinski definition) is 11. The molecule has 3 N–H and O–H groups in total. The highest BCUT2D eigenvalue weighted by Gasteiger charge is 2.53.